The van der Waals surface area contributed by atoms with E-state index in [0.717, 1.165) is 27.8 Å². The third-order valence-corrected chi connectivity index (χ3v) is 7.31. The van der Waals surface area contributed by atoms with Gasteiger partial charge in [-0.3, -0.25) is 10.1 Å². The van der Waals surface area contributed by atoms with Crippen LogP contribution in [0.2, 0.25) is 0 Å². The summed E-state index contributed by atoms with van der Waals surface area (Å²) in [7, 11) is 1.22. The zero-order valence-electron chi connectivity index (χ0n) is 23.5. The molecule has 0 fully saturated rings. The summed E-state index contributed by atoms with van der Waals surface area (Å²) in [5, 5.41) is 7.33. The van der Waals surface area contributed by atoms with Gasteiger partial charge in [0.25, 0.3) is 5.91 Å². The number of ether oxygens (including phenoxy) is 2. The molecule has 0 unspecified atom stereocenters. The van der Waals surface area contributed by atoms with Crippen LogP contribution >= 0.6 is 0 Å². The van der Waals surface area contributed by atoms with Crippen molar-refractivity contribution in [2.75, 3.05) is 13.7 Å². The molecule has 0 saturated heterocycles. The van der Waals surface area contributed by atoms with Crippen molar-refractivity contribution in [3.63, 3.8) is 0 Å². The zero-order valence-corrected chi connectivity index (χ0v) is 23.5. The fraction of sp³-hybridized carbons (Fsp3) is 0.176. The number of carbonyl (C=O) groups is 4. The van der Waals surface area contributed by atoms with E-state index in [9.17, 15) is 19.2 Å². The highest BCUT2D eigenvalue weighted by molar-refractivity contribution is 5.99. The second-order valence-electron chi connectivity index (χ2n) is 10.0. The number of esters is 1. The summed E-state index contributed by atoms with van der Waals surface area (Å²) in [6.07, 6.45) is -0.655. The lowest BCUT2D eigenvalue weighted by Crippen LogP contribution is -2.51. The second kappa shape index (κ2) is 13.5. The van der Waals surface area contributed by atoms with Gasteiger partial charge in [-0.2, -0.15) is 0 Å². The molecule has 9 nitrogen and oxygen atoms in total. The minimum atomic E-state index is -1.24. The first-order valence-electron chi connectivity index (χ1n) is 13.8. The Labute approximate surface area is 249 Å². The maximum Gasteiger partial charge on any atom is 0.408 e. The van der Waals surface area contributed by atoms with Crippen LogP contribution in [0.1, 0.15) is 34.2 Å². The van der Waals surface area contributed by atoms with Crippen LogP contribution in [0.3, 0.4) is 0 Å². The summed E-state index contributed by atoms with van der Waals surface area (Å²) >= 11 is 0. The molecule has 4 aromatic rings. The van der Waals surface area contributed by atoms with Crippen LogP contribution in [0, 0.1) is 0 Å². The molecule has 0 heterocycles. The van der Waals surface area contributed by atoms with E-state index in [-0.39, 0.29) is 18.9 Å². The molecule has 4 aromatic carbocycles. The molecule has 5 rings (SSSR count). The van der Waals surface area contributed by atoms with E-state index in [1.165, 1.54) is 7.11 Å². The largest absolute Gasteiger partial charge is 0.467 e. The van der Waals surface area contributed by atoms with Gasteiger partial charge >= 0.3 is 18.1 Å². The lowest BCUT2D eigenvalue weighted by molar-refractivity contribution is -0.142. The van der Waals surface area contributed by atoms with Crippen molar-refractivity contribution in [2.45, 2.75) is 24.4 Å². The monoisotopic (exact) mass is 577 g/mol. The molecule has 2 atom stereocenters. The van der Waals surface area contributed by atoms with Gasteiger partial charge < -0.3 is 20.1 Å². The zero-order chi connectivity index (χ0) is 30.2. The van der Waals surface area contributed by atoms with Gasteiger partial charge in [0.15, 0.2) is 0 Å². The number of hydrogen-bond donors (Lipinski definition) is 3. The first-order valence-corrected chi connectivity index (χ1v) is 13.8. The molecule has 4 amide bonds. The Morgan fingerprint density at radius 1 is 0.721 bits per heavy atom. The summed E-state index contributed by atoms with van der Waals surface area (Å²) in [6, 6.07) is 30.3. The average Bonchev–Trinajstić information content (AvgIpc) is 3.36. The smallest absolute Gasteiger partial charge is 0.408 e. The van der Waals surface area contributed by atoms with Gasteiger partial charge in [-0.1, -0.05) is 109 Å². The molecule has 3 N–H and O–H groups in total. The number of nitrogens with one attached hydrogen (secondary N) is 3. The van der Waals surface area contributed by atoms with Gasteiger partial charge in [0.2, 0.25) is 0 Å². The summed E-state index contributed by atoms with van der Waals surface area (Å²) in [6.45, 7) is 0.0593. The number of hydrogen-bond acceptors (Lipinski definition) is 6. The normalized spacial score (nSPS) is 13.0. The van der Waals surface area contributed by atoms with E-state index in [4.69, 9.17) is 9.47 Å². The van der Waals surface area contributed by atoms with Crippen LogP contribution in [-0.4, -0.2) is 43.8 Å². The molecule has 1 aliphatic carbocycles. The standard InChI is InChI=1S/C34H31N3O6/c1-42-32(39)29(20-22-12-4-2-5-13-22)35-33(40)37-31(38)30(23-14-6-3-7-15-23)36-34(41)43-21-28-26-18-10-8-16-24(26)25-17-9-11-19-27(25)28/h2-19,28-30H,20-21H2,1H3,(H,36,41)(H2,35,37,38,40)/t29-,30-/m0/s1. The van der Waals surface area contributed by atoms with Crippen LogP contribution in [-0.2, 0) is 25.5 Å². The number of methoxy groups -OCH3 is 1. The van der Waals surface area contributed by atoms with Crippen molar-refractivity contribution < 1.29 is 28.7 Å². The van der Waals surface area contributed by atoms with Crippen molar-refractivity contribution >= 4 is 24.0 Å². The maximum atomic E-state index is 13.3. The molecule has 0 aliphatic heterocycles. The summed E-state index contributed by atoms with van der Waals surface area (Å²) in [4.78, 5) is 51.5. The summed E-state index contributed by atoms with van der Waals surface area (Å²) in [5.41, 5.74) is 5.54. The summed E-state index contributed by atoms with van der Waals surface area (Å²) < 4.78 is 10.5. The third-order valence-electron chi connectivity index (χ3n) is 7.31. The molecule has 0 aromatic heterocycles. The summed E-state index contributed by atoms with van der Waals surface area (Å²) in [5.74, 6) is -1.63. The predicted octanol–water partition coefficient (Wildman–Crippen LogP) is 4.88. The molecule has 43 heavy (non-hydrogen) atoms. The quantitative estimate of drug-likeness (QED) is 0.244. The lowest BCUT2D eigenvalue weighted by Gasteiger charge is -2.21. The number of alkyl carbamates (subject to hydrolysis) is 1. The van der Waals surface area contributed by atoms with Crippen molar-refractivity contribution in [2.24, 2.45) is 0 Å². The SMILES string of the molecule is COC(=O)[C@H](Cc1ccccc1)NC(=O)NC(=O)[C@@H](NC(=O)OCC1c2ccccc2-c2ccccc21)c1ccccc1. The number of amides is 4. The Kier molecular flexibility index (Phi) is 9.11. The van der Waals surface area contributed by atoms with E-state index in [0.29, 0.717) is 5.56 Å². The fourth-order valence-corrected chi connectivity index (χ4v) is 5.27. The maximum absolute atomic E-state index is 13.3. The molecule has 0 saturated carbocycles. The van der Waals surface area contributed by atoms with Crippen molar-refractivity contribution in [3.05, 3.63) is 131 Å². The Morgan fingerprint density at radius 3 is 1.88 bits per heavy atom. The first kappa shape index (κ1) is 29.1. The van der Waals surface area contributed by atoms with Gasteiger partial charge in [0.05, 0.1) is 7.11 Å². The van der Waals surface area contributed by atoms with Crippen LogP contribution in [0.5, 0.6) is 0 Å². The van der Waals surface area contributed by atoms with Crippen LogP contribution < -0.4 is 16.0 Å². The molecule has 9 heteroatoms. The molecule has 1 aliphatic rings. The Balaban J connectivity index is 1.25. The van der Waals surface area contributed by atoms with Crippen LogP contribution in [0.4, 0.5) is 9.59 Å². The predicted molar refractivity (Wildman–Crippen MR) is 160 cm³/mol. The number of rotatable bonds is 9. The van der Waals surface area contributed by atoms with Gasteiger partial charge in [-0.15, -0.1) is 0 Å². The Hall–Kier alpha value is -5.44. The van der Waals surface area contributed by atoms with Gasteiger partial charge in [-0.25, -0.2) is 14.4 Å². The van der Waals surface area contributed by atoms with Gasteiger partial charge in [0.1, 0.15) is 18.7 Å². The van der Waals surface area contributed by atoms with E-state index in [2.05, 4.69) is 16.0 Å². The highest BCUT2D eigenvalue weighted by Gasteiger charge is 2.31. The van der Waals surface area contributed by atoms with E-state index in [1.807, 2.05) is 78.9 Å². The number of fused-ring (bicyclic) bond motifs is 3. The molecule has 218 valence electrons. The minimum absolute atomic E-state index is 0.0593. The number of imide groups is 1. The Morgan fingerprint density at radius 2 is 1.28 bits per heavy atom. The third kappa shape index (κ3) is 6.90. The van der Waals surface area contributed by atoms with Crippen LogP contribution in [0.15, 0.2) is 109 Å². The van der Waals surface area contributed by atoms with Crippen molar-refractivity contribution in [1.82, 2.24) is 16.0 Å². The Bertz CT molecular complexity index is 1560. The molecule has 0 spiro atoms. The molecular weight excluding hydrogens is 546 g/mol. The topological polar surface area (TPSA) is 123 Å². The van der Waals surface area contributed by atoms with Crippen LogP contribution in [0.25, 0.3) is 11.1 Å². The van der Waals surface area contributed by atoms with E-state index in [1.54, 1.807) is 30.3 Å². The van der Waals surface area contributed by atoms with Crippen molar-refractivity contribution in [1.29, 1.82) is 0 Å². The van der Waals surface area contributed by atoms with Crippen molar-refractivity contribution in [3.8, 4) is 11.1 Å². The first-order chi connectivity index (χ1) is 20.9. The number of urea groups is 1. The number of benzene rings is 4. The lowest BCUT2D eigenvalue weighted by atomic mass is 9.98. The van der Waals surface area contributed by atoms with E-state index < -0.39 is 36.1 Å². The molecule has 0 bridgehead atoms. The second-order valence-corrected chi connectivity index (χ2v) is 10.0. The van der Waals surface area contributed by atoms with E-state index >= 15 is 0 Å². The number of carbonyl (C=O) groups excluding carboxylic acids is 4. The minimum Gasteiger partial charge on any atom is -0.467 e. The highest BCUT2D eigenvalue weighted by atomic mass is 16.5. The van der Waals surface area contributed by atoms with Gasteiger partial charge in [-0.05, 0) is 33.4 Å². The fourth-order valence-electron chi connectivity index (χ4n) is 5.27. The average molecular weight is 578 g/mol. The highest BCUT2D eigenvalue weighted by Crippen LogP contribution is 2.44. The molecular formula is C34H31N3O6. The molecule has 0 radical (unpaired) electrons. The van der Waals surface area contributed by atoms with Gasteiger partial charge in [0, 0.05) is 12.3 Å².